The molecule has 3 nitrogen and oxygen atoms in total. The number of hydrogen-bond acceptors (Lipinski definition) is 3. The molecule has 0 saturated heterocycles. The summed E-state index contributed by atoms with van der Waals surface area (Å²) in [7, 11) is 1.44. The van der Waals surface area contributed by atoms with E-state index in [9.17, 15) is 4.79 Å². The van der Waals surface area contributed by atoms with Crippen molar-refractivity contribution in [3.05, 3.63) is 0 Å². The van der Waals surface area contributed by atoms with E-state index < -0.39 is 0 Å². The van der Waals surface area contributed by atoms with Crippen LogP contribution in [0.5, 0.6) is 0 Å². The summed E-state index contributed by atoms with van der Waals surface area (Å²) >= 11 is 0. The topological polar surface area (TPSA) is 35.5 Å². The van der Waals surface area contributed by atoms with E-state index in [0.717, 1.165) is 13.0 Å². The third-order valence-electron chi connectivity index (χ3n) is 3.23. The van der Waals surface area contributed by atoms with Gasteiger partial charge in [0.1, 0.15) is 0 Å². The predicted molar refractivity (Wildman–Crippen MR) is 58.6 cm³/mol. The van der Waals surface area contributed by atoms with E-state index in [2.05, 4.69) is 20.8 Å². The summed E-state index contributed by atoms with van der Waals surface area (Å²) in [5.74, 6) is -0.204. The van der Waals surface area contributed by atoms with Gasteiger partial charge in [-0.25, -0.2) is 0 Å². The number of carbonyl (C=O) groups excluding carboxylic acids is 1. The van der Waals surface area contributed by atoms with Gasteiger partial charge in [0.15, 0.2) is 0 Å². The summed E-state index contributed by atoms with van der Waals surface area (Å²) in [6.45, 7) is 7.03. The van der Waals surface area contributed by atoms with Gasteiger partial charge in [0.2, 0.25) is 0 Å². The second-order valence-corrected chi connectivity index (χ2v) is 4.82. The number of unbranched alkanes of at least 4 members (excludes halogenated alkanes) is 2. The van der Waals surface area contributed by atoms with Crippen LogP contribution in [0.3, 0.4) is 0 Å². The molecule has 0 spiro atoms. The Morgan fingerprint density at radius 3 is 2.53 bits per heavy atom. The highest BCUT2D eigenvalue weighted by Crippen LogP contribution is 2.54. The maximum absolute atomic E-state index is 11.4. The van der Waals surface area contributed by atoms with Crippen LogP contribution in [0.4, 0.5) is 0 Å². The highest BCUT2D eigenvalue weighted by Gasteiger charge is 2.63. The average molecular weight is 214 g/mol. The molecule has 2 atom stereocenters. The zero-order valence-corrected chi connectivity index (χ0v) is 10.2. The largest absolute Gasteiger partial charge is 0.469 e. The van der Waals surface area contributed by atoms with Gasteiger partial charge in [0.25, 0.3) is 0 Å². The Kier molecular flexibility index (Phi) is 4.14. The lowest BCUT2D eigenvalue weighted by Gasteiger charge is -2.03. The summed E-state index contributed by atoms with van der Waals surface area (Å²) in [6, 6.07) is 0. The van der Waals surface area contributed by atoms with Crippen LogP contribution in [0.1, 0.15) is 40.0 Å². The Labute approximate surface area is 92.1 Å². The Morgan fingerprint density at radius 1 is 1.33 bits per heavy atom. The quantitative estimate of drug-likeness (QED) is 0.503. The molecule has 1 saturated carbocycles. The van der Waals surface area contributed by atoms with Gasteiger partial charge in [-0.1, -0.05) is 33.6 Å². The molecule has 1 fully saturated rings. The SMILES string of the molecule is CCCCCOC1C(C(=O)OC)C1(C)C. The fourth-order valence-corrected chi connectivity index (χ4v) is 2.02. The van der Waals surface area contributed by atoms with E-state index in [-0.39, 0.29) is 23.4 Å². The minimum atomic E-state index is -0.138. The molecule has 0 aromatic rings. The molecule has 0 heterocycles. The van der Waals surface area contributed by atoms with Crippen molar-refractivity contribution >= 4 is 5.97 Å². The van der Waals surface area contributed by atoms with Crippen LogP contribution < -0.4 is 0 Å². The van der Waals surface area contributed by atoms with Gasteiger partial charge in [-0.2, -0.15) is 0 Å². The summed E-state index contributed by atoms with van der Waals surface area (Å²) < 4.78 is 10.5. The number of rotatable bonds is 6. The molecule has 0 N–H and O–H groups in total. The second kappa shape index (κ2) is 4.97. The number of hydrogen-bond donors (Lipinski definition) is 0. The molecule has 0 aliphatic heterocycles. The van der Waals surface area contributed by atoms with Crippen molar-refractivity contribution in [3.63, 3.8) is 0 Å². The Morgan fingerprint density at radius 2 is 2.00 bits per heavy atom. The maximum atomic E-state index is 11.4. The van der Waals surface area contributed by atoms with Crippen LogP contribution in [-0.4, -0.2) is 25.8 Å². The highest BCUT2D eigenvalue weighted by atomic mass is 16.5. The highest BCUT2D eigenvalue weighted by molar-refractivity contribution is 5.78. The second-order valence-electron chi connectivity index (χ2n) is 4.82. The summed E-state index contributed by atoms with van der Waals surface area (Å²) in [4.78, 5) is 11.4. The maximum Gasteiger partial charge on any atom is 0.311 e. The van der Waals surface area contributed by atoms with Crippen LogP contribution in [0.25, 0.3) is 0 Å². The standard InChI is InChI=1S/C12H22O3/c1-5-6-7-8-15-10-9(11(13)14-4)12(10,2)3/h9-10H,5-8H2,1-4H3. The van der Waals surface area contributed by atoms with Crippen molar-refractivity contribution in [2.75, 3.05) is 13.7 Å². The molecule has 1 rings (SSSR count). The van der Waals surface area contributed by atoms with Crippen LogP contribution in [-0.2, 0) is 14.3 Å². The van der Waals surface area contributed by atoms with Crippen molar-refractivity contribution in [1.29, 1.82) is 0 Å². The van der Waals surface area contributed by atoms with Gasteiger partial charge in [0, 0.05) is 12.0 Å². The van der Waals surface area contributed by atoms with Crippen LogP contribution in [0.15, 0.2) is 0 Å². The van der Waals surface area contributed by atoms with E-state index in [0.29, 0.717) is 0 Å². The zero-order valence-electron chi connectivity index (χ0n) is 10.2. The van der Waals surface area contributed by atoms with E-state index in [1.165, 1.54) is 20.0 Å². The van der Waals surface area contributed by atoms with Gasteiger partial charge in [0.05, 0.1) is 19.1 Å². The number of methoxy groups -OCH3 is 1. The summed E-state index contributed by atoms with van der Waals surface area (Å²) in [6.07, 6.45) is 3.52. The van der Waals surface area contributed by atoms with E-state index in [1.807, 2.05) is 0 Å². The van der Waals surface area contributed by atoms with Crippen LogP contribution >= 0.6 is 0 Å². The molecule has 0 aromatic heterocycles. The van der Waals surface area contributed by atoms with E-state index in [1.54, 1.807) is 0 Å². The van der Waals surface area contributed by atoms with Gasteiger partial charge in [-0.15, -0.1) is 0 Å². The lowest BCUT2D eigenvalue weighted by Crippen LogP contribution is -2.09. The summed E-state index contributed by atoms with van der Waals surface area (Å²) in [5, 5.41) is 0. The van der Waals surface area contributed by atoms with Crippen LogP contribution in [0, 0.1) is 11.3 Å². The first kappa shape index (κ1) is 12.5. The third kappa shape index (κ3) is 2.71. The van der Waals surface area contributed by atoms with E-state index >= 15 is 0 Å². The van der Waals surface area contributed by atoms with Crippen molar-refractivity contribution in [2.45, 2.75) is 46.1 Å². The molecular formula is C12H22O3. The molecular weight excluding hydrogens is 192 g/mol. The smallest absolute Gasteiger partial charge is 0.311 e. The average Bonchev–Trinajstić information content (AvgIpc) is 2.74. The van der Waals surface area contributed by atoms with Crippen molar-refractivity contribution < 1.29 is 14.3 Å². The molecule has 1 aliphatic rings. The van der Waals surface area contributed by atoms with Gasteiger partial charge in [-0.05, 0) is 6.42 Å². The fourth-order valence-electron chi connectivity index (χ4n) is 2.02. The fraction of sp³-hybridized carbons (Fsp3) is 0.917. The monoisotopic (exact) mass is 214 g/mol. The molecule has 0 bridgehead atoms. The molecule has 0 amide bonds. The van der Waals surface area contributed by atoms with Crippen LogP contribution in [0.2, 0.25) is 0 Å². The third-order valence-corrected chi connectivity index (χ3v) is 3.23. The molecule has 1 aliphatic carbocycles. The van der Waals surface area contributed by atoms with Crippen molar-refractivity contribution in [1.82, 2.24) is 0 Å². The number of ether oxygens (including phenoxy) is 2. The lowest BCUT2D eigenvalue weighted by molar-refractivity contribution is -0.143. The normalized spacial score (nSPS) is 27.5. The van der Waals surface area contributed by atoms with Crippen molar-refractivity contribution in [2.24, 2.45) is 11.3 Å². The van der Waals surface area contributed by atoms with Gasteiger partial charge >= 0.3 is 5.97 Å². The zero-order chi connectivity index (χ0) is 11.5. The Balaban J connectivity index is 2.29. The first-order chi connectivity index (χ1) is 7.05. The predicted octanol–water partition coefficient (Wildman–Crippen LogP) is 2.39. The number of esters is 1. The summed E-state index contributed by atoms with van der Waals surface area (Å²) in [5.41, 5.74) is -0.0424. The van der Waals surface area contributed by atoms with Gasteiger partial charge in [-0.3, -0.25) is 4.79 Å². The first-order valence-corrected chi connectivity index (χ1v) is 5.75. The minimum Gasteiger partial charge on any atom is -0.469 e. The molecule has 88 valence electrons. The molecule has 2 unspecified atom stereocenters. The Bertz CT molecular complexity index is 223. The molecule has 15 heavy (non-hydrogen) atoms. The van der Waals surface area contributed by atoms with Crippen molar-refractivity contribution in [3.8, 4) is 0 Å². The molecule has 3 heteroatoms. The minimum absolute atomic E-state index is 0.0424. The molecule has 0 radical (unpaired) electrons. The lowest BCUT2D eigenvalue weighted by atomic mass is 10.1. The first-order valence-electron chi connectivity index (χ1n) is 5.75. The molecule has 0 aromatic carbocycles. The van der Waals surface area contributed by atoms with Gasteiger partial charge < -0.3 is 9.47 Å². The number of carbonyl (C=O) groups is 1. The Hall–Kier alpha value is -0.570. The van der Waals surface area contributed by atoms with E-state index in [4.69, 9.17) is 9.47 Å².